The molecular formula is C16H25N3O2S. The fraction of sp³-hybridized carbons (Fsp3) is 0.688. The molecule has 1 aliphatic carbocycles. The van der Waals surface area contributed by atoms with Crippen molar-refractivity contribution in [2.24, 2.45) is 5.92 Å². The lowest BCUT2D eigenvalue weighted by Crippen LogP contribution is -2.38. The highest BCUT2D eigenvalue weighted by Gasteiger charge is 2.20. The number of rotatable bonds is 5. The molecule has 1 aromatic rings. The molecule has 0 spiro atoms. The van der Waals surface area contributed by atoms with Gasteiger partial charge in [0.05, 0.1) is 0 Å². The van der Waals surface area contributed by atoms with Crippen LogP contribution < -0.4 is 10.9 Å². The zero-order valence-electron chi connectivity index (χ0n) is 13.6. The summed E-state index contributed by atoms with van der Waals surface area (Å²) in [5.41, 5.74) is 1.20. The number of H-pyrrole nitrogens is 1. The van der Waals surface area contributed by atoms with Crippen molar-refractivity contribution in [2.75, 3.05) is 6.26 Å². The number of hydrogen-bond donors (Lipinski definition) is 2. The number of aryl methyl sites for hydroxylation is 1. The Labute approximate surface area is 135 Å². The number of amides is 1. The van der Waals surface area contributed by atoms with Crippen molar-refractivity contribution in [1.29, 1.82) is 0 Å². The van der Waals surface area contributed by atoms with E-state index in [1.54, 1.807) is 0 Å². The average Bonchev–Trinajstić information content (AvgIpc) is 2.46. The third-order valence-electron chi connectivity index (χ3n) is 4.30. The van der Waals surface area contributed by atoms with Crippen molar-refractivity contribution in [1.82, 2.24) is 15.3 Å². The molecule has 2 N–H and O–H groups in total. The quantitative estimate of drug-likeness (QED) is 0.644. The van der Waals surface area contributed by atoms with Crippen molar-refractivity contribution in [2.45, 2.75) is 63.6 Å². The minimum Gasteiger partial charge on any atom is -0.353 e. The molecule has 1 saturated carbocycles. The highest BCUT2D eigenvalue weighted by Crippen LogP contribution is 2.23. The molecule has 22 heavy (non-hydrogen) atoms. The van der Waals surface area contributed by atoms with E-state index < -0.39 is 0 Å². The van der Waals surface area contributed by atoms with Crippen LogP contribution in [0.2, 0.25) is 0 Å². The Morgan fingerprint density at radius 1 is 1.45 bits per heavy atom. The predicted octanol–water partition coefficient (Wildman–Crippen LogP) is 2.43. The van der Waals surface area contributed by atoms with Gasteiger partial charge in [0.2, 0.25) is 5.91 Å². The summed E-state index contributed by atoms with van der Waals surface area (Å²) in [6.45, 7) is 4.06. The number of nitrogens with zero attached hydrogens (tertiary/aromatic N) is 1. The summed E-state index contributed by atoms with van der Waals surface area (Å²) in [5.74, 6) is 0.722. The van der Waals surface area contributed by atoms with Crippen LogP contribution in [-0.4, -0.2) is 28.2 Å². The smallest absolute Gasteiger partial charge is 0.254 e. The summed E-state index contributed by atoms with van der Waals surface area (Å²) in [6.07, 6.45) is 7.23. The van der Waals surface area contributed by atoms with Gasteiger partial charge in [-0.15, -0.1) is 0 Å². The Morgan fingerprint density at radius 3 is 2.86 bits per heavy atom. The number of aromatic nitrogens is 2. The number of carbonyl (C=O) groups is 1. The van der Waals surface area contributed by atoms with E-state index in [1.165, 1.54) is 24.6 Å². The highest BCUT2D eigenvalue weighted by molar-refractivity contribution is 7.98. The zero-order valence-corrected chi connectivity index (χ0v) is 14.4. The van der Waals surface area contributed by atoms with Gasteiger partial charge < -0.3 is 10.3 Å². The van der Waals surface area contributed by atoms with Crippen molar-refractivity contribution in [3.8, 4) is 0 Å². The van der Waals surface area contributed by atoms with E-state index in [9.17, 15) is 9.59 Å². The fourth-order valence-electron chi connectivity index (χ4n) is 3.08. The van der Waals surface area contributed by atoms with E-state index >= 15 is 0 Å². The summed E-state index contributed by atoms with van der Waals surface area (Å²) < 4.78 is 0. The van der Waals surface area contributed by atoms with Crippen molar-refractivity contribution in [3.63, 3.8) is 0 Å². The maximum Gasteiger partial charge on any atom is 0.254 e. The second-order valence-electron chi connectivity index (χ2n) is 6.18. The Balaban J connectivity index is 1.90. The normalized spacial score (nSPS) is 21.6. The Kier molecular flexibility index (Phi) is 6.06. The largest absolute Gasteiger partial charge is 0.353 e. The second kappa shape index (κ2) is 7.81. The summed E-state index contributed by atoms with van der Waals surface area (Å²) in [4.78, 5) is 31.2. The van der Waals surface area contributed by atoms with Gasteiger partial charge >= 0.3 is 0 Å². The molecule has 2 atom stereocenters. The van der Waals surface area contributed by atoms with Crippen LogP contribution in [-0.2, 0) is 11.2 Å². The van der Waals surface area contributed by atoms with Crippen LogP contribution in [0.15, 0.2) is 9.95 Å². The first kappa shape index (κ1) is 17.1. The van der Waals surface area contributed by atoms with Crippen molar-refractivity contribution in [3.05, 3.63) is 21.6 Å². The first-order valence-electron chi connectivity index (χ1n) is 7.92. The van der Waals surface area contributed by atoms with Crippen LogP contribution >= 0.6 is 11.8 Å². The minimum atomic E-state index is -0.129. The summed E-state index contributed by atoms with van der Waals surface area (Å²) in [5, 5.41) is 3.72. The van der Waals surface area contributed by atoms with Crippen molar-refractivity contribution < 1.29 is 4.79 Å². The SMILES string of the molecule is CSc1nc(C)c(CCC(=O)NC2CCCC(C)C2)c(=O)[nH]1. The van der Waals surface area contributed by atoms with Crippen LogP contribution in [0.3, 0.4) is 0 Å². The molecule has 0 radical (unpaired) electrons. The molecule has 1 amide bonds. The van der Waals surface area contributed by atoms with Gasteiger partial charge in [-0.3, -0.25) is 9.59 Å². The van der Waals surface area contributed by atoms with E-state index in [1.807, 2.05) is 13.2 Å². The molecule has 1 fully saturated rings. The van der Waals surface area contributed by atoms with Gasteiger partial charge in [-0.1, -0.05) is 31.5 Å². The van der Waals surface area contributed by atoms with Crippen LogP contribution in [0.25, 0.3) is 0 Å². The second-order valence-corrected chi connectivity index (χ2v) is 6.97. The molecule has 6 heteroatoms. The van der Waals surface area contributed by atoms with Gasteiger partial charge in [0.1, 0.15) is 0 Å². The molecule has 2 unspecified atom stereocenters. The first-order chi connectivity index (χ1) is 10.5. The Morgan fingerprint density at radius 2 is 2.23 bits per heavy atom. The van der Waals surface area contributed by atoms with Crippen LogP contribution in [0.5, 0.6) is 0 Å². The molecule has 122 valence electrons. The molecule has 0 aliphatic heterocycles. The van der Waals surface area contributed by atoms with Crippen LogP contribution in [0.4, 0.5) is 0 Å². The van der Waals surface area contributed by atoms with E-state index in [0.717, 1.165) is 12.8 Å². The number of nitrogens with one attached hydrogen (secondary N) is 2. The third-order valence-corrected chi connectivity index (χ3v) is 4.88. The third kappa shape index (κ3) is 4.60. The summed E-state index contributed by atoms with van der Waals surface area (Å²) in [6, 6.07) is 0.299. The summed E-state index contributed by atoms with van der Waals surface area (Å²) >= 11 is 1.41. The topological polar surface area (TPSA) is 74.8 Å². The van der Waals surface area contributed by atoms with Gasteiger partial charge in [-0.25, -0.2) is 4.98 Å². The van der Waals surface area contributed by atoms with E-state index in [0.29, 0.717) is 41.2 Å². The molecule has 0 saturated heterocycles. The van der Waals surface area contributed by atoms with Gasteiger partial charge in [0, 0.05) is 23.7 Å². The highest BCUT2D eigenvalue weighted by atomic mass is 32.2. The standard InChI is InChI=1S/C16H25N3O2S/c1-10-5-4-6-12(9-10)18-14(20)8-7-13-11(2)17-16(22-3)19-15(13)21/h10,12H,4-9H2,1-3H3,(H,18,20)(H,17,19,21). The maximum atomic E-state index is 12.1. The Bertz CT molecular complexity index is 585. The molecule has 2 rings (SSSR count). The van der Waals surface area contributed by atoms with Gasteiger partial charge in [-0.2, -0.15) is 0 Å². The molecule has 0 aromatic carbocycles. The average molecular weight is 323 g/mol. The predicted molar refractivity (Wildman–Crippen MR) is 89.3 cm³/mol. The number of thioether (sulfide) groups is 1. The molecule has 1 heterocycles. The van der Waals surface area contributed by atoms with Crippen LogP contribution in [0.1, 0.15) is 50.3 Å². The lowest BCUT2D eigenvalue weighted by atomic mass is 9.87. The van der Waals surface area contributed by atoms with E-state index in [4.69, 9.17) is 0 Å². The summed E-state index contributed by atoms with van der Waals surface area (Å²) in [7, 11) is 0. The molecule has 1 aliphatic rings. The lowest BCUT2D eigenvalue weighted by Gasteiger charge is -2.27. The molecule has 0 bridgehead atoms. The fourth-order valence-corrected chi connectivity index (χ4v) is 3.50. The van der Waals surface area contributed by atoms with Gasteiger partial charge in [0.25, 0.3) is 5.56 Å². The van der Waals surface area contributed by atoms with Gasteiger partial charge in [-0.05, 0) is 38.4 Å². The van der Waals surface area contributed by atoms with E-state index in [2.05, 4.69) is 22.2 Å². The van der Waals surface area contributed by atoms with Gasteiger partial charge in [0.15, 0.2) is 5.16 Å². The molecule has 1 aromatic heterocycles. The molecular weight excluding hydrogens is 298 g/mol. The first-order valence-corrected chi connectivity index (χ1v) is 9.15. The van der Waals surface area contributed by atoms with Crippen LogP contribution in [0, 0.1) is 12.8 Å². The van der Waals surface area contributed by atoms with E-state index in [-0.39, 0.29) is 11.5 Å². The minimum absolute atomic E-state index is 0.0341. The monoisotopic (exact) mass is 323 g/mol. The number of carbonyl (C=O) groups excluding carboxylic acids is 1. The van der Waals surface area contributed by atoms with Crippen molar-refractivity contribution >= 4 is 17.7 Å². The Hall–Kier alpha value is -1.30. The number of aromatic amines is 1. The molecule has 5 nitrogen and oxygen atoms in total. The lowest BCUT2D eigenvalue weighted by molar-refractivity contribution is -0.122. The maximum absolute atomic E-state index is 12.1. The zero-order chi connectivity index (χ0) is 16.1. The number of hydrogen-bond acceptors (Lipinski definition) is 4.